The molecule has 42 heavy (non-hydrogen) atoms. The second-order valence-corrected chi connectivity index (χ2v) is 10.8. The van der Waals surface area contributed by atoms with Gasteiger partial charge in [-0.05, 0) is 48.0 Å². The summed E-state index contributed by atoms with van der Waals surface area (Å²) in [6.45, 7) is 0.428. The highest BCUT2D eigenvalue weighted by atomic mass is 35.5. The van der Waals surface area contributed by atoms with Crippen LogP contribution in [-0.4, -0.2) is 59.3 Å². The molecule has 13 heteroatoms. The Labute approximate surface area is 249 Å². The van der Waals surface area contributed by atoms with Gasteiger partial charge < -0.3 is 24.8 Å². The van der Waals surface area contributed by atoms with E-state index in [1.165, 1.54) is 12.0 Å². The number of nitrogens with zero attached hydrogens (tertiary/aromatic N) is 3. The molecule has 0 fully saturated rings. The van der Waals surface area contributed by atoms with Crippen molar-refractivity contribution < 1.29 is 28.6 Å². The fourth-order valence-electron chi connectivity index (χ4n) is 4.60. The predicted octanol–water partition coefficient (Wildman–Crippen LogP) is 4.11. The van der Waals surface area contributed by atoms with Gasteiger partial charge in [-0.15, -0.1) is 0 Å². The molecule has 3 aromatic rings. The van der Waals surface area contributed by atoms with Crippen molar-refractivity contribution in [3.8, 4) is 17.2 Å². The minimum absolute atomic E-state index is 0.0254. The number of carbonyl (C=O) groups is 3. The Kier molecular flexibility index (Phi) is 7.72. The zero-order chi connectivity index (χ0) is 29.2. The third-order valence-corrected chi connectivity index (χ3v) is 7.85. The zero-order valence-electron chi connectivity index (χ0n) is 22.3. The molecule has 3 aliphatic rings. The average molecular weight is 606 g/mol. The molecule has 3 aromatic carbocycles. The summed E-state index contributed by atoms with van der Waals surface area (Å²) in [4.78, 5) is 49.7. The van der Waals surface area contributed by atoms with Crippen molar-refractivity contribution in [2.45, 2.75) is 19.0 Å². The molecular formula is C29H24ClN5O6S. The average Bonchev–Trinajstić information content (AvgIpc) is 3.59. The Hall–Kier alpha value is -4.55. The zero-order valence-corrected chi connectivity index (χ0v) is 23.8. The van der Waals surface area contributed by atoms with Gasteiger partial charge in [-0.3, -0.25) is 19.4 Å². The van der Waals surface area contributed by atoms with Crippen molar-refractivity contribution in [2.75, 3.05) is 25.0 Å². The number of halogens is 1. The maximum Gasteiger partial charge on any atom is 0.259 e. The minimum atomic E-state index is -0.927. The van der Waals surface area contributed by atoms with E-state index in [0.717, 1.165) is 17.3 Å². The molecule has 0 aromatic heterocycles. The maximum absolute atomic E-state index is 13.5. The Morgan fingerprint density at radius 2 is 1.93 bits per heavy atom. The SMILES string of the molecule is COc1ccc(NC(=O)CSC2=Nc3ccccc3C3=N[C@@H](CC(=O)NCc4ccc5c(c4)OCO5)C(=O)N23)cc1Cl. The molecule has 3 heterocycles. The number of anilines is 1. The van der Waals surface area contributed by atoms with Gasteiger partial charge in [0.2, 0.25) is 18.6 Å². The second-order valence-electron chi connectivity index (χ2n) is 9.41. The fourth-order valence-corrected chi connectivity index (χ4v) is 5.66. The number of para-hydroxylation sites is 1. The Bertz CT molecular complexity index is 1660. The number of hydrogen-bond acceptors (Lipinski definition) is 9. The summed E-state index contributed by atoms with van der Waals surface area (Å²) >= 11 is 7.26. The van der Waals surface area contributed by atoms with Gasteiger partial charge in [0, 0.05) is 17.8 Å². The maximum atomic E-state index is 13.5. The van der Waals surface area contributed by atoms with Gasteiger partial charge in [-0.1, -0.05) is 41.6 Å². The molecule has 2 N–H and O–H groups in total. The molecule has 0 aliphatic carbocycles. The third-order valence-electron chi connectivity index (χ3n) is 6.62. The van der Waals surface area contributed by atoms with Crippen LogP contribution in [0.25, 0.3) is 0 Å². The summed E-state index contributed by atoms with van der Waals surface area (Å²) in [6, 6.07) is 16.7. The summed E-state index contributed by atoms with van der Waals surface area (Å²) in [5.74, 6) is 1.14. The lowest BCUT2D eigenvalue weighted by Gasteiger charge is -2.25. The molecule has 214 valence electrons. The van der Waals surface area contributed by atoms with E-state index in [-0.39, 0.29) is 43.2 Å². The lowest BCUT2D eigenvalue weighted by atomic mass is 10.1. The van der Waals surface area contributed by atoms with Crippen molar-refractivity contribution in [3.63, 3.8) is 0 Å². The first-order valence-electron chi connectivity index (χ1n) is 12.9. The van der Waals surface area contributed by atoms with Crippen molar-refractivity contribution in [1.29, 1.82) is 0 Å². The molecule has 0 unspecified atom stereocenters. The molecule has 11 nitrogen and oxygen atoms in total. The monoisotopic (exact) mass is 605 g/mol. The highest BCUT2D eigenvalue weighted by molar-refractivity contribution is 8.14. The summed E-state index contributed by atoms with van der Waals surface area (Å²) < 4.78 is 15.9. The van der Waals surface area contributed by atoms with Crippen LogP contribution < -0.4 is 24.8 Å². The fraction of sp³-hybridized carbons (Fsp3) is 0.207. The molecule has 0 radical (unpaired) electrons. The summed E-state index contributed by atoms with van der Waals surface area (Å²) in [6.07, 6.45) is -0.137. The van der Waals surface area contributed by atoms with Crippen LogP contribution >= 0.6 is 23.4 Å². The number of thioether (sulfide) groups is 1. The topological polar surface area (TPSA) is 131 Å². The van der Waals surface area contributed by atoms with Crippen LogP contribution in [0.15, 0.2) is 70.6 Å². The van der Waals surface area contributed by atoms with Gasteiger partial charge in [0.1, 0.15) is 17.6 Å². The van der Waals surface area contributed by atoms with E-state index in [9.17, 15) is 14.4 Å². The van der Waals surface area contributed by atoms with Gasteiger partial charge in [0.25, 0.3) is 5.91 Å². The molecule has 0 bridgehead atoms. The Morgan fingerprint density at radius 3 is 2.76 bits per heavy atom. The largest absolute Gasteiger partial charge is 0.495 e. The summed E-state index contributed by atoms with van der Waals surface area (Å²) in [7, 11) is 1.51. The van der Waals surface area contributed by atoms with Crippen LogP contribution in [-0.2, 0) is 20.9 Å². The van der Waals surface area contributed by atoms with Crippen LogP contribution in [0.5, 0.6) is 17.2 Å². The van der Waals surface area contributed by atoms with E-state index in [1.807, 2.05) is 30.3 Å². The molecule has 3 amide bonds. The van der Waals surface area contributed by atoms with Crippen molar-refractivity contribution in [3.05, 3.63) is 76.8 Å². The van der Waals surface area contributed by atoms with Crippen LogP contribution in [0.4, 0.5) is 11.4 Å². The predicted molar refractivity (Wildman–Crippen MR) is 159 cm³/mol. The first-order chi connectivity index (χ1) is 20.4. The molecule has 1 atom stereocenters. The molecule has 0 spiro atoms. The van der Waals surface area contributed by atoms with Crippen LogP contribution in [0.3, 0.4) is 0 Å². The van der Waals surface area contributed by atoms with Gasteiger partial charge in [0.15, 0.2) is 16.7 Å². The standard InChI is InChI=1S/C29H24ClN5O6S/c1-39-22-9-7-17(11-19(22)30)32-26(37)14-42-29-34-20-5-3-2-4-18(20)27-33-21(28(38)35(27)29)12-25(36)31-13-16-6-8-23-24(10-16)41-15-40-23/h2-11,21H,12-15H2,1H3,(H,31,36)(H,32,37)/t21-/m0/s1. The lowest BCUT2D eigenvalue weighted by Crippen LogP contribution is -2.42. The number of ether oxygens (including phenoxy) is 3. The quantitative estimate of drug-likeness (QED) is 0.395. The number of methoxy groups -OCH3 is 1. The summed E-state index contributed by atoms with van der Waals surface area (Å²) in [5.41, 5.74) is 2.64. The van der Waals surface area contributed by atoms with E-state index in [2.05, 4.69) is 20.6 Å². The highest BCUT2D eigenvalue weighted by Crippen LogP contribution is 2.35. The van der Waals surface area contributed by atoms with Crippen molar-refractivity contribution in [2.24, 2.45) is 9.98 Å². The molecule has 6 rings (SSSR count). The van der Waals surface area contributed by atoms with Crippen molar-refractivity contribution >= 4 is 63.5 Å². The molecule has 0 saturated carbocycles. The number of carbonyl (C=O) groups excluding carboxylic acids is 3. The Balaban J connectivity index is 1.12. The summed E-state index contributed by atoms with van der Waals surface area (Å²) in [5, 5.41) is 6.30. The van der Waals surface area contributed by atoms with E-state index in [0.29, 0.717) is 50.2 Å². The number of fused-ring (bicyclic) bond motifs is 4. The van der Waals surface area contributed by atoms with E-state index >= 15 is 0 Å². The third kappa shape index (κ3) is 5.63. The minimum Gasteiger partial charge on any atom is -0.495 e. The van der Waals surface area contributed by atoms with Gasteiger partial charge >= 0.3 is 0 Å². The number of amides is 3. The number of nitrogens with one attached hydrogen (secondary N) is 2. The number of benzene rings is 3. The van der Waals surface area contributed by atoms with E-state index in [1.54, 1.807) is 30.3 Å². The van der Waals surface area contributed by atoms with Gasteiger partial charge in [0.05, 0.1) is 30.0 Å². The van der Waals surface area contributed by atoms with E-state index in [4.69, 9.17) is 25.8 Å². The first-order valence-corrected chi connectivity index (χ1v) is 14.3. The normalized spacial score (nSPS) is 16.3. The smallest absolute Gasteiger partial charge is 0.259 e. The van der Waals surface area contributed by atoms with Crippen LogP contribution in [0.2, 0.25) is 5.02 Å². The highest BCUT2D eigenvalue weighted by Gasteiger charge is 2.42. The van der Waals surface area contributed by atoms with Crippen LogP contribution in [0.1, 0.15) is 17.5 Å². The molecule has 3 aliphatic heterocycles. The molecular weight excluding hydrogens is 582 g/mol. The van der Waals surface area contributed by atoms with Gasteiger partial charge in [-0.25, -0.2) is 9.89 Å². The number of hydrogen-bond donors (Lipinski definition) is 2. The van der Waals surface area contributed by atoms with Crippen LogP contribution in [0, 0.1) is 0 Å². The van der Waals surface area contributed by atoms with E-state index < -0.39 is 6.04 Å². The number of amidine groups is 2. The Morgan fingerprint density at radius 1 is 1.10 bits per heavy atom. The molecule has 0 saturated heterocycles. The first kappa shape index (κ1) is 27.6. The lowest BCUT2D eigenvalue weighted by molar-refractivity contribution is -0.128. The number of aliphatic imine (C=N–C) groups is 2. The van der Waals surface area contributed by atoms with Gasteiger partial charge in [-0.2, -0.15) is 0 Å². The number of rotatable bonds is 8. The van der Waals surface area contributed by atoms with Crippen molar-refractivity contribution in [1.82, 2.24) is 10.2 Å². The second kappa shape index (κ2) is 11.7.